The number of fused-ring (bicyclic) bond motifs is 1. The van der Waals surface area contributed by atoms with Gasteiger partial charge in [0.15, 0.2) is 0 Å². The predicted octanol–water partition coefficient (Wildman–Crippen LogP) is 1.46. The number of nitrogens with two attached hydrogens (primary N) is 1. The Morgan fingerprint density at radius 3 is 2.94 bits per heavy atom. The summed E-state index contributed by atoms with van der Waals surface area (Å²) in [6.45, 7) is 0.996. The molecular formula is C12H14N2O2. The van der Waals surface area contributed by atoms with Crippen LogP contribution in [0.2, 0.25) is 0 Å². The Kier molecular flexibility index (Phi) is 2.92. The number of carbonyl (C=O) groups is 1. The predicted molar refractivity (Wildman–Crippen MR) is 62.2 cm³/mol. The number of benzene rings is 1. The van der Waals surface area contributed by atoms with Crippen LogP contribution in [0.4, 0.5) is 0 Å². The molecule has 4 nitrogen and oxygen atoms in total. The third-order valence-corrected chi connectivity index (χ3v) is 2.52. The Balaban J connectivity index is 2.36. The number of rotatable bonds is 3. The molecule has 1 amide bonds. The van der Waals surface area contributed by atoms with E-state index in [-0.39, 0.29) is 5.91 Å². The minimum Gasteiger partial charge on any atom is -0.463 e. The Morgan fingerprint density at radius 2 is 2.19 bits per heavy atom. The summed E-state index contributed by atoms with van der Waals surface area (Å²) in [6.07, 6.45) is 1.50. The number of para-hydroxylation sites is 1. The second kappa shape index (κ2) is 4.37. The van der Waals surface area contributed by atoms with Crippen molar-refractivity contribution in [3.05, 3.63) is 36.1 Å². The summed E-state index contributed by atoms with van der Waals surface area (Å²) in [6, 6.07) is 7.48. The van der Waals surface area contributed by atoms with Crippen LogP contribution in [-0.2, 0) is 0 Å². The second-order valence-electron chi connectivity index (χ2n) is 3.66. The zero-order valence-electron chi connectivity index (χ0n) is 9.14. The molecule has 0 unspecified atom stereocenters. The van der Waals surface area contributed by atoms with Crippen LogP contribution in [0.15, 0.2) is 34.9 Å². The van der Waals surface area contributed by atoms with E-state index >= 15 is 0 Å². The van der Waals surface area contributed by atoms with E-state index in [1.54, 1.807) is 11.9 Å². The molecule has 0 saturated carbocycles. The van der Waals surface area contributed by atoms with E-state index in [0.29, 0.717) is 18.7 Å². The fourth-order valence-electron chi connectivity index (χ4n) is 1.64. The molecule has 0 aliphatic carbocycles. The maximum absolute atomic E-state index is 12.0. The Bertz CT molecular complexity index is 504. The molecule has 0 spiro atoms. The Morgan fingerprint density at radius 1 is 1.44 bits per heavy atom. The van der Waals surface area contributed by atoms with Crippen molar-refractivity contribution in [2.24, 2.45) is 5.73 Å². The summed E-state index contributed by atoms with van der Waals surface area (Å²) in [5, 5.41) is 0.844. The van der Waals surface area contributed by atoms with Gasteiger partial charge in [0, 0.05) is 25.5 Å². The van der Waals surface area contributed by atoms with Gasteiger partial charge >= 0.3 is 0 Å². The molecule has 0 fully saturated rings. The van der Waals surface area contributed by atoms with Crippen LogP contribution in [-0.4, -0.2) is 30.9 Å². The summed E-state index contributed by atoms with van der Waals surface area (Å²) in [7, 11) is 1.73. The summed E-state index contributed by atoms with van der Waals surface area (Å²) in [4.78, 5) is 13.6. The number of furan rings is 1. The lowest BCUT2D eigenvalue weighted by Crippen LogP contribution is -2.31. The number of hydrogen-bond donors (Lipinski definition) is 1. The van der Waals surface area contributed by atoms with Gasteiger partial charge in [-0.05, 0) is 6.07 Å². The monoisotopic (exact) mass is 218 g/mol. The van der Waals surface area contributed by atoms with Crippen molar-refractivity contribution >= 4 is 16.9 Å². The van der Waals surface area contributed by atoms with Gasteiger partial charge in [-0.2, -0.15) is 0 Å². The highest BCUT2D eigenvalue weighted by Crippen LogP contribution is 2.21. The minimum atomic E-state index is -0.0598. The van der Waals surface area contributed by atoms with E-state index in [2.05, 4.69) is 0 Å². The van der Waals surface area contributed by atoms with E-state index in [0.717, 1.165) is 11.0 Å². The molecule has 0 bridgehead atoms. The fourth-order valence-corrected chi connectivity index (χ4v) is 1.64. The molecule has 84 valence electrons. The van der Waals surface area contributed by atoms with Gasteiger partial charge < -0.3 is 15.1 Å². The summed E-state index contributed by atoms with van der Waals surface area (Å²) in [5.41, 5.74) is 6.73. The fraction of sp³-hybridized carbons (Fsp3) is 0.250. The Labute approximate surface area is 93.6 Å². The largest absolute Gasteiger partial charge is 0.463 e. The van der Waals surface area contributed by atoms with Crippen molar-refractivity contribution < 1.29 is 9.21 Å². The third-order valence-electron chi connectivity index (χ3n) is 2.52. The Hall–Kier alpha value is -1.81. The van der Waals surface area contributed by atoms with E-state index in [4.69, 9.17) is 10.2 Å². The average molecular weight is 218 g/mol. The molecule has 1 aromatic heterocycles. The molecule has 2 N–H and O–H groups in total. The molecule has 0 aliphatic rings. The maximum atomic E-state index is 12.0. The number of nitrogens with zero attached hydrogens (tertiary/aromatic N) is 1. The zero-order chi connectivity index (χ0) is 11.5. The number of likely N-dealkylation sites (N-methyl/N-ethyl adjacent to an activating group) is 1. The van der Waals surface area contributed by atoms with Gasteiger partial charge in [-0.3, -0.25) is 4.79 Å². The molecule has 0 atom stereocenters. The van der Waals surface area contributed by atoms with Crippen LogP contribution in [0, 0.1) is 0 Å². The van der Waals surface area contributed by atoms with E-state index in [9.17, 15) is 4.79 Å². The van der Waals surface area contributed by atoms with Crippen LogP contribution in [0.3, 0.4) is 0 Å². The normalized spacial score (nSPS) is 10.6. The van der Waals surface area contributed by atoms with Crippen molar-refractivity contribution in [3.8, 4) is 0 Å². The molecule has 4 heteroatoms. The van der Waals surface area contributed by atoms with Crippen molar-refractivity contribution in [1.82, 2.24) is 4.90 Å². The number of hydrogen-bond acceptors (Lipinski definition) is 3. The second-order valence-corrected chi connectivity index (χ2v) is 3.66. The molecule has 2 rings (SSSR count). The molecule has 0 saturated heterocycles. The smallest absolute Gasteiger partial charge is 0.257 e. The van der Waals surface area contributed by atoms with Crippen molar-refractivity contribution in [2.75, 3.05) is 20.1 Å². The SMILES string of the molecule is CN(CCN)C(=O)c1coc2ccccc12. The van der Waals surface area contributed by atoms with Gasteiger partial charge in [0.1, 0.15) is 11.8 Å². The lowest BCUT2D eigenvalue weighted by Gasteiger charge is -2.14. The first-order chi connectivity index (χ1) is 7.74. The van der Waals surface area contributed by atoms with Gasteiger partial charge in [-0.15, -0.1) is 0 Å². The van der Waals surface area contributed by atoms with Gasteiger partial charge in [0.25, 0.3) is 5.91 Å². The van der Waals surface area contributed by atoms with Gasteiger partial charge in [0.05, 0.1) is 5.56 Å². The van der Waals surface area contributed by atoms with Crippen molar-refractivity contribution in [1.29, 1.82) is 0 Å². The highest BCUT2D eigenvalue weighted by molar-refractivity contribution is 6.05. The minimum absolute atomic E-state index is 0.0598. The summed E-state index contributed by atoms with van der Waals surface area (Å²) >= 11 is 0. The van der Waals surface area contributed by atoms with E-state index in [1.165, 1.54) is 6.26 Å². The highest BCUT2D eigenvalue weighted by atomic mass is 16.3. The van der Waals surface area contributed by atoms with E-state index < -0.39 is 0 Å². The first kappa shape index (κ1) is 10.7. The molecule has 2 aromatic rings. The van der Waals surface area contributed by atoms with Gasteiger partial charge in [-0.1, -0.05) is 18.2 Å². The molecule has 0 radical (unpaired) electrons. The van der Waals surface area contributed by atoms with E-state index in [1.807, 2.05) is 24.3 Å². The van der Waals surface area contributed by atoms with Crippen LogP contribution < -0.4 is 5.73 Å². The quantitative estimate of drug-likeness (QED) is 0.848. The zero-order valence-corrected chi connectivity index (χ0v) is 9.14. The highest BCUT2D eigenvalue weighted by Gasteiger charge is 2.16. The summed E-state index contributed by atoms with van der Waals surface area (Å²) in [5.74, 6) is -0.0598. The average Bonchev–Trinajstić information content (AvgIpc) is 2.72. The first-order valence-electron chi connectivity index (χ1n) is 5.16. The van der Waals surface area contributed by atoms with Crippen LogP contribution in [0.5, 0.6) is 0 Å². The maximum Gasteiger partial charge on any atom is 0.257 e. The van der Waals surface area contributed by atoms with Crippen molar-refractivity contribution in [2.45, 2.75) is 0 Å². The molecule has 16 heavy (non-hydrogen) atoms. The summed E-state index contributed by atoms with van der Waals surface area (Å²) < 4.78 is 5.32. The first-order valence-corrected chi connectivity index (χ1v) is 5.16. The van der Waals surface area contributed by atoms with Crippen LogP contribution in [0.1, 0.15) is 10.4 Å². The lowest BCUT2D eigenvalue weighted by atomic mass is 10.1. The third kappa shape index (κ3) is 1.79. The lowest BCUT2D eigenvalue weighted by molar-refractivity contribution is 0.0800. The number of carbonyl (C=O) groups excluding carboxylic acids is 1. The van der Waals surface area contributed by atoms with Crippen LogP contribution in [0.25, 0.3) is 11.0 Å². The molecule has 0 aliphatic heterocycles. The number of amides is 1. The van der Waals surface area contributed by atoms with Gasteiger partial charge in [0.2, 0.25) is 0 Å². The standard InChI is InChI=1S/C12H14N2O2/c1-14(7-6-13)12(15)10-8-16-11-5-3-2-4-9(10)11/h2-5,8H,6-7,13H2,1H3. The van der Waals surface area contributed by atoms with Gasteiger partial charge in [-0.25, -0.2) is 0 Å². The van der Waals surface area contributed by atoms with Crippen molar-refractivity contribution in [3.63, 3.8) is 0 Å². The molecule has 1 heterocycles. The molecule has 1 aromatic carbocycles. The molecular weight excluding hydrogens is 204 g/mol. The van der Waals surface area contributed by atoms with Crippen LogP contribution >= 0.6 is 0 Å². The topological polar surface area (TPSA) is 59.5 Å².